The smallest absolute Gasteiger partial charge is 0.347 e. The number of nitrogens with zero attached hydrogens (tertiary/aromatic N) is 1. The van der Waals surface area contributed by atoms with E-state index in [1.165, 1.54) is 14.2 Å². The average molecular weight is 371 g/mol. The van der Waals surface area contributed by atoms with E-state index in [0.717, 1.165) is 11.1 Å². The van der Waals surface area contributed by atoms with Gasteiger partial charge in [-0.15, -0.1) is 6.58 Å². The van der Waals surface area contributed by atoms with Crippen LogP contribution >= 0.6 is 0 Å². The normalized spacial score (nSPS) is 11.4. The third kappa shape index (κ3) is 5.84. The predicted octanol–water partition coefficient (Wildman–Crippen LogP) is 3.83. The van der Waals surface area contributed by atoms with Crippen molar-refractivity contribution in [3.63, 3.8) is 0 Å². The second-order valence-corrected chi connectivity index (χ2v) is 7.09. The Balaban J connectivity index is 3.82. The van der Waals surface area contributed by atoms with Gasteiger partial charge in [0.1, 0.15) is 0 Å². The topological polar surface area (TPSA) is 55.8 Å². The largest absolute Gasteiger partial charge is 0.465 e. The zero-order chi connectivity index (χ0) is 20.6. The molecule has 0 saturated carbocycles. The zero-order valence-electron chi connectivity index (χ0n) is 17.0. The summed E-state index contributed by atoms with van der Waals surface area (Å²) < 4.78 is 9.68. The standard InChI is InChI=1S/C22H29NO4/c1-8-14-23(5)18(19(20(24)26-6)21(25)27-7)15-17(22(2,3)4)16-12-10-9-11-13-16/h8-13,15H,1,14H2,2-7H3/b17-15-. The molecule has 0 unspecified atom stereocenters. The van der Waals surface area contributed by atoms with Gasteiger partial charge >= 0.3 is 11.9 Å². The molecule has 0 aliphatic carbocycles. The van der Waals surface area contributed by atoms with E-state index in [9.17, 15) is 9.59 Å². The summed E-state index contributed by atoms with van der Waals surface area (Å²) in [6.07, 6.45) is 3.54. The summed E-state index contributed by atoms with van der Waals surface area (Å²) in [6, 6.07) is 9.84. The van der Waals surface area contributed by atoms with E-state index in [4.69, 9.17) is 9.47 Å². The first-order valence-corrected chi connectivity index (χ1v) is 8.67. The molecule has 0 aliphatic heterocycles. The number of hydrogen-bond acceptors (Lipinski definition) is 5. The fourth-order valence-corrected chi connectivity index (χ4v) is 2.65. The number of ether oxygens (including phenoxy) is 2. The molecule has 0 heterocycles. The molecule has 5 nitrogen and oxygen atoms in total. The van der Waals surface area contributed by atoms with Crippen LogP contribution in [-0.2, 0) is 19.1 Å². The number of rotatable bonds is 7. The van der Waals surface area contributed by atoms with Crippen molar-refractivity contribution in [3.05, 3.63) is 65.9 Å². The van der Waals surface area contributed by atoms with Gasteiger partial charge in [0.2, 0.25) is 0 Å². The summed E-state index contributed by atoms with van der Waals surface area (Å²) in [5.41, 5.74) is 2.01. The van der Waals surface area contributed by atoms with Crippen LogP contribution < -0.4 is 0 Å². The maximum Gasteiger partial charge on any atom is 0.347 e. The molecule has 1 aromatic rings. The van der Waals surface area contributed by atoms with E-state index in [0.29, 0.717) is 12.2 Å². The van der Waals surface area contributed by atoms with Gasteiger partial charge in [-0.1, -0.05) is 57.2 Å². The summed E-state index contributed by atoms with van der Waals surface area (Å²) in [5, 5.41) is 0. The van der Waals surface area contributed by atoms with Crippen molar-refractivity contribution in [2.75, 3.05) is 27.8 Å². The lowest BCUT2D eigenvalue weighted by atomic mass is 9.81. The molecule has 0 aromatic heterocycles. The van der Waals surface area contributed by atoms with Gasteiger partial charge < -0.3 is 14.4 Å². The van der Waals surface area contributed by atoms with E-state index in [-0.39, 0.29) is 11.0 Å². The molecule has 1 aromatic carbocycles. The molecule has 0 aliphatic rings. The summed E-state index contributed by atoms with van der Waals surface area (Å²) in [6.45, 7) is 10.4. The van der Waals surface area contributed by atoms with Crippen molar-refractivity contribution in [3.8, 4) is 0 Å². The van der Waals surface area contributed by atoms with E-state index in [1.807, 2.05) is 36.4 Å². The van der Waals surface area contributed by atoms with Crippen LogP contribution in [0.25, 0.3) is 5.57 Å². The fourth-order valence-electron chi connectivity index (χ4n) is 2.65. The molecule has 0 spiro atoms. The second kappa shape index (κ2) is 9.76. The Hall–Kier alpha value is -2.82. The number of benzene rings is 1. The van der Waals surface area contributed by atoms with Gasteiger partial charge in [0.25, 0.3) is 0 Å². The first-order valence-electron chi connectivity index (χ1n) is 8.67. The molecule has 0 atom stereocenters. The Bertz CT molecular complexity index is 721. The van der Waals surface area contributed by atoms with Gasteiger partial charge in [-0.25, -0.2) is 9.59 Å². The highest BCUT2D eigenvalue weighted by Crippen LogP contribution is 2.35. The molecule has 27 heavy (non-hydrogen) atoms. The first-order chi connectivity index (χ1) is 12.7. The Morgan fingerprint density at radius 1 is 1.07 bits per heavy atom. The highest BCUT2D eigenvalue weighted by atomic mass is 16.5. The number of esters is 2. The monoisotopic (exact) mass is 371 g/mol. The van der Waals surface area contributed by atoms with Crippen molar-refractivity contribution in [1.82, 2.24) is 4.90 Å². The van der Waals surface area contributed by atoms with E-state index in [2.05, 4.69) is 27.4 Å². The van der Waals surface area contributed by atoms with Crippen molar-refractivity contribution in [2.45, 2.75) is 20.8 Å². The first kappa shape index (κ1) is 22.2. The van der Waals surface area contributed by atoms with Gasteiger partial charge in [-0.2, -0.15) is 0 Å². The van der Waals surface area contributed by atoms with Crippen LogP contribution in [0.2, 0.25) is 0 Å². The SMILES string of the molecule is C=CCN(C)C(/C=C(/c1ccccc1)C(C)(C)C)=C(C(=O)OC)C(=O)OC. The molecule has 0 fully saturated rings. The minimum atomic E-state index is -0.745. The van der Waals surface area contributed by atoms with Gasteiger partial charge in [0.15, 0.2) is 5.57 Å². The summed E-state index contributed by atoms with van der Waals surface area (Å²) in [5.74, 6) is -1.49. The van der Waals surface area contributed by atoms with Crippen LogP contribution in [-0.4, -0.2) is 44.7 Å². The van der Waals surface area contributed by atoms with Crippen LogP contribution in [0.4, 0.5) is 0 Å². The van der Waals surface area contributed by atoms with Crippen LogP contribution in [0, 0.1) is 5.41 Å². The van der Waals surface area contributed by atoms with Crippen LogP contribution in [0.5, 0.6) is 0 Å². The van der Waals surface area contributed by atoms with Crippen LogP contribution in [0.15, 0.2) is 60.3 Å². The number of allylic oxidation sites excluding steroid dienone is 2. The zero-order valence-corrected chi connectivity index (χ0v) is 17.0. The Morgan fingerprint density at radius 2 is 1.59 bits per heavy atom. The third-order valence-electron chi connectivity index (χ3n) is 4.02. The number of likely N-dealkylation sites (N-methyl/N-ethyl adjacent to an activating group) is 1. The molecule has 0 radical (unpaired) electrons. The van der Waals surface area contributed by atoms with E-state index in [1.54, 1.807) is 18.0 Å². The molecule has 5 heteroatoms. The van der Waals surface area contributed by atoms with Crippen molar-refractivity contribution < 1.29 is 19.1 Å². The maximum absolute atomic E-state index is 12.4. The average Bonchev–Trinajstić information content (AvgIpc) is 2.63. The molecule has 146 valence electrons. The predicted molar refractivity (Wildman–Crippen MR) is 108 cm³/mol. The van der Waals surface area contributed by atoms with Gasteiger partial charge in [-0.05, 0) is 22.6 Å². The Kier molecular flexibility index (Phi) is 8.03. The highest BCUT2D eigenvalue weighted by molar-refractivity contribution is 6.15. The van der Waals surface area contributed by atoms with Gasteiger partial charge in [0.05, 0.1) is 19.9 Å². The molecular formula is C22H29NO4. The molecule has 1 rings (SSSR count). The summed E-state index contributed by atoms with van der Waals surface area (Å²) in [4.78, 5) is 26.5. The van der Waals surface area contributed by atoms with E-state index >= 15 is 0 Å². The highest BCUT2D eigenvalue weighted by Gasteiger charge is 2.28. The second-order valence-electron chi connectivity index (χ2n) is 7.09. The molecular weight excluding hydrogens is 342 g/mol. The summed E-state index contributed by atoms with van der Waals surface area (Å²) in [7, 11) is 4.26. The lowest BCUT2D eigenvalue weighted by Gasteiger charge is -2.27. The number of hydrogen-bond donors (Lipinski definition) is 0. The quantitative estimate of drug-likeness (QED) is 0.182. The molecule has 0 N–H and O–H groups in total. The molecule has 0 bridgehead atoms. The van der Waals surface area contributed by atoms with Gasteiger partial charge in [-0.3, -0.25) is 0 Å². The lowest BCUT2D eigenvalue weighted by Crippen LogP contribution is -2.26. The minimum Gasteiger partial charge on any atom is -0.465 e. The van der Waals surface area contributed by atoms with Crippen molar-refractivity contribution >= 4 is 17.5 Å². The number of methoxy groups -OCH3 is 2. The van der Waals surface area contributed by atoms with E-state index < -0.39 is 11.9 Å². The maximum atomic E-state index is 12.4. The Morgan fingerprint density at radius 3 is 2.00 bits per heavy atom. The Labute approximate surface area is 162 Å². The fraction of sp³-hybridized carbons (Fsp3) is 0.364. The van der Waals surface area contributed by atoms with Crippen LogP contribution in [0.1, 0.15) is 26.3 Å². The third-order valence-corrected chi connectivity index (χ3v) is 4.02. The lowest BCUT2D eigenvalue weighted by molar-refractivity contribution is -0.144. The number of carbonyl (C=O) groups is 2. The van der Waals surface area contributed by atoms with Gasteiger partial charge in [0, 0.05) is 13.6 Å². The van der Waals surface area contributed by atoms with Crippen molar-refractivity contribution in [1.29, 1.82) is 0 Å². The minimum absolute atomic E-state index is 0.151. The number of carbonyl (C=O) groups excluding carboxylic acids is 2. The van der Waals surface area contributed by atoms with Crippen molar-refractivity contribution in [2.24, 2.45) is 5.41 Å². The summed E-state index contributed by atoms with van der Waals surface area (Å²) >= 11 is 0. The molecule has 0 saturated heterocycles. The van der Waals surface area contributed by atoms with Crippen LogP contribution in [0.3, 0.4) is 0 Å². The molecule has 0 amide bonds.